The topological polar surface area (TPSA) is 96.4 Å². The first kappa shape index (κ1) is 30.1. The Balaban J connectivity index is 1.56. The van der Waals surface area contributed by atoms with E-state index in [0.29, 0.717) is 11.7 Å². The van der Waals surface area contributed by atoms with Crippen molar-refractivity contribution >= 4 is 11.7 Å². The smallest absolute Gasteiger partial charge is 0.134 e. The van der Waals surface area contributed by atoms with Gasteiger partial charge in [0.25, 0.3) is 0 Å². The van der Waals surface area contributed by atoms with Gasteiger partial charge in [-0.1, -0.05) is 76.2 Å². The summed E-state index contributed by atoms with van der Waals surface area (Å²) in [5.74, 6) is 1.97. The third kappa shape index (κ3) is 9.08. The molecule has 4 N–H and O–H groups in total. The van der Waals surface area contributed by atoms with Crippen LogP contribution in [0, 0.1) is 0 Å². The SMILES string of the molecule is CCN(CC)CCCN=C(N)c1ccc(-c2coc(-c3ccc(C(N)=NCCCN(CC)CC)cc3)c2)cc1. The molecule has 39 heavy (non-hydrogen) atoms. The molecule has 0 atom stereocenters. The van der Waals surface area contributed by atoms with E-state index in [9.17, 15) is 0 Å². The van der Waals surface area contributed by atoms with E-state index in [1.54, 1.807) is 6.26 Å². The van der Waals surface area contributed by atoms with E-state index in [0.717, 1.165) is 98.8 Å². The van der Waals surface area contributed by atoms with Gasteiger partial charge in [-0.05, 0) is 63.7 Å². The van der Waals surface area contributed by atoms with Crippen molar-refractivity contribution in [2.45, 2.75) is 40.5 Å². The number of nitrogens with zero attached hydrogens (tertiary/aromatic N) is 4. The van der Waals surface area contributed by atoms with E-state index in [4.69, 9.17) is 15.9 Å². The first-order chi connectivity index (χ1) is 19.0. The molecule has 0 fully saturated rings. The van der Waals surface area contributed by atoms with Gasteiger partial charge in [-0.3, -0.25) is 9.98 Å². The number of aliphatic imine (C=N–C) groups is 2. The van der Waals surface area contributed by atoms with E-state index < -0.39 is 0 Å². The fourth-order valence-corrected chi connectivity index (χ4v) is 4.53. The van der Waals surface area contributed by atoms with Crippen LogP contribution >= 0.6 is 0 Å². The van der Waals surface area contributed by atoms with Gasteiger partial charge < -0.3 is 25.7 Å². The number of nitrogens with two attached hydrogens (primary N) is 2. The lowest BCUT2D eigenvalue weighted by Gasteiger charge is -2.16. The van der Waals surface area contributed by atoms with Gasteiger partial charge in [-0.15, -0.1) is 0 Å². The van der Waals surface area contributed by atoms with Crippen LogP contribution in [0.5, 0.6) is 0 Å². The lowest BCUT2D eigenvalue weighted by molar-refractivity contribution is 0.302. The Kier molecular flexibility index (Phi) is 12.3. The quantitative estimate of drug-likeness (QED) is 0.145. The molecule has 0 aliphatic rings. The third-order valence-electron chi connectivity index (χ3n) is 7.20. The summed E-state index contributed by atoms with van der Waals surface area (Å²) >= 11 is 0. The predicted octanol–water partition coefficient (Wildman–Crippen LogP) is 5.49. The number of rotatable bonds is 16. The highest BCUT2D eigenvalue weighted by atomic mass is 16.3. The third-order valence-corrected chi connectivity index (χ3v) is 7.20. The predicted molar refractivity (Wildman–Crippen MR) is 166 cm³/mol. The average Bonchev–Trinajstić information content (AvgIpc) is 3.48. The maximum atomic E-state index is 6.24. The van der Waals surface area contributed by atoms with Gasteiger partial charge in [0.2, 0.25) is 0 Å². The molecule has 1 aromatic heterocycles. The van der Waals surface area contributed by atoms with Gasteiger partial charge in [-0.2, -0.15) is 0 Å². The van der Waals surface area contributed by atoms with Crippen LogP contribution in [0.4, 0.5) is 0 Å². The summed E-state index contributed by atoms with van der Waals surface area (Å²) in [6, 6.07) is 18.3. The summed E-state index contributed by atoms with van der Waals surface area (Å²) in [7, 11) is 0. The van der Waals surface area contributed by atoms with Crippen molar-refractivity contribution in [3.05, 3.63) is 72.0 Å². The molecule has 0 amide bonds. The fourth-order valence-electron chi connectivity index (χ4n) is 4.53. The molecule has 0 saturated heterocycles. The Labute approximate surface area is 234 Å². The van der Waals surface area contributed by atoms with Gasteiger partial charge >= 0.3 is 0 Å². The van der Waals surface area contributed by atoms with Crippen LogP contribution in [0.25, 0.3) is 22.5 Å². The van der Waals surface area contributed by atoms with E-state index >= 15 is 0 Å². The zero-order valence-electron chi connectivity index (χ0n) is 24.2. The first-order valence-corrected chi connectivity index (χ1v) is 14.3. The largest absolute Gasteiger partial charge is 0.464 e. The molecule has 3 rings (SSSR count). The summed E-state index contributed by atoms with van der Waals surface area (Å²) in [5.41, 5.74) is 17.4. The normalized spacial score (nSPS) is 12.6. The summed E-state index contributed by atoms with van der Waals surface area (Å²) in [4.78, 5) is 13.9. The van der Waals surface area contributed by atoms with Gasteiger partial charge in [0.1, 0.15) is 17.4 Å². The molecule has 0 unspecified atom stereocenters. The van der Waals surface area contributed by atoms with Gasteiger partial charge in [-0.25, -0.2) is 0 Å². The molecular weight excluding hydrogens is 484 g/mol. The molecule has 3 aromatic rings. The molecule has 210 valence electrons. The van der Waals surface area contributed by atoms with Crippen molar-refractivity contribution in [1.29, 1.82) is 0 Å². The molecule has 0 radical (unpaired) electrons. The Hall–Kier alpha value is -3.42. The van der Waals surface area contributed by atoms with E-state index in [1.165, 1.54) is 0 Å². The Morgan fingerprint density at radius 1 is 0.641 bits per heavy atom. The minimum atomic E-state index is 0.577. The van der Waals surface area contributed by atoms with Crippen LogP contribution in [0.3, 0.4) is 0 Å². The molecule has 0 aliphatic heterocycles. The standard InChI is InChI=1S/C32H46N6O/c1-5-37(6-2)21-9-19-35-31(33)27-15-11-25(12-16-27)29-23-30(39-24-29)26-13-17-28(18-14-26)32(34)36-20-10-22-38(7-3)8-4/h11-18,23-24H,5-10,19-22H2,1-4H3,(H2,33,35)(H2,34,36). The van der Waals surface area contributed by atoms with E-state index in [1.807, 2.05) is 36.4 Å². The minimum Gasteiger partial charge on any atom is -0.464 e. The maximum Gasteiger partial charge on any atom is 0.134 e. The molecule has 7 heteroatoms. The molecule has 7 nitrogen and oxygen atoms in total. The van der Waals surface area contributed by atoms with Crippen LogP contribution in [-0.4, -0.2) is 73.8 Å². The highest BCUT2D eigenvalue weighted by Gasteiger charge is 2.09. The molecule has 2 aromatic carbocycles. The average molecular weight is 531 g/mol. The molecule has 0 spiro atoms. The second-order valence-corrected chi connectivity index (χ2v) is 9.65. The van der Waals surface area contributed by atoms with Crippen molar-refractivity contribution in [3.63, 3.8) is 0 Å². The van der Waals surface area contributed by atoms with Crippen LogP contribution in [0.1, 0.15) is 51.7 Å². The molecule has 0 aliphatic carbocycles. The second kappa shape index (κ2) is 15.9. The van der Waals surface area contributed by atoms with Gasteiger partial charge in [0.05, 0.1) is 6.26 Å². The number of benzene rings is 2. The summed E-state index contributed by atoms with van der Waals surface area (Å²) < 4.78 is 5.89. The van der Waals surface area contributed by atoms with Crippen molar-refractivity contribution in [2.75, 3.05) is 52.4 Å². The summed E-state index contributed by atoms with van der Waals surface area (Å²) in [5, 5.41) is 0. The maximum absolute atomic E-state index is 6.24. The molecular formula is C32H46N6O. The van der Waals surface area contributed by atoms with Gasteiger partial charge in [0.15, 0.2) is 0 Å². The van der Waals surface area contributed by atoms with E-state index in [2.05, 4.69) is 65.7 Å². The Bertz CT molecular complexity index is 1080. The molecule has 0 bridgehead atoms. The Morgan fingerprint density at radius 3 is 1.51 bits per heavy atom. The molecule has 0 saturated carbocycles. The molecule has 1 heterocycles. The van der Waals surface area contributed by atoms with Crippen LogP contribution in [0.2, 0.25) is 0 Å². The van der Waals surface area contributed by atoms with Crippen LogP contribution in [-0.2, 0) is 0 Å². The lowest BCUT2D eigenvalue weighted by atomic mass is 10.0. The van der Waals surface area contributed by atoms with Crippen LogP contribution < -0.4 is 11.5 Å². The van der Waals surface area contributed by atoms with Crippen molar-refractivity contribution in [2.24, 2.45) is 21.5 Å². The number of hydrogen-bond acceptors (Lipinski definition) is 5. The summed E-state index contributed by atoms with van der Waals surface area (Å²) in [6.07, 6.45) is 3.80. The van der Waals surface area contributed by atoms with E-state index in [-0.39, 0.29) is 0 Å². The number of furan rings is 1. The highest BCUT2D eigenvalue weighted by Crippen LogP contribution is 2.29. The summed E-state index contributed by atoms with van der Waals surface area (Å²) in [6.45, 7) is 16.6. The zero-order chi connectivity index (χ0) is 28.0. The van der Waals surface area contributed by atoms with Gasteiger partial charge in [0, 0.05) is 35.3 Å². The first-order valence-electron chi connectivity index (χ1n) is 14.3. The number of hydrogen-bond donors (Lipinski definition) is 2. The fraction of sp³-hybridized carbons (Fsp3) is 0.438. The van der Waals surface area contributed by atoms with Crippen molar-refractivity contribution < 1.29 is 4.42 Å². The van der Waals surface area contributed by atoms with Crippen molar-refractivity contribution in [3.8, 4) is 22.5 Å². The number of amidine groups is 2. The lowest BCUT2D eigenvalue weighted by Crippen LogP contribution is -2.24. The minimum absolute atomic E-state index is 0.577. The highest BCUT2D eigenvalue weighted by molar-refractivity contribution is 5.98. The second-order valence-electron chi connectivity index (χ2n) is 9.65. The van der Waals surface area contributed by atoms with Crippen molar-refractivity contribution in [1.82, 2.24) is 9.80 Å². The zero-order valence-corrected chi connectivity index (χ0v) is 24.2. The monoisotopic (exact) mass is 530 g/mol. The van der Waals surface area contributed by atoms with Crippen LogP contribution in [0.15, 0.2) is 75.3 Å². The Morgan fingerprint density at radius 2 is 1.08 bits per heavy atom.